The predicted molar refractivity (Wildman–Crippen MR) is 123 cm³/mol. The average molecular weight is 467 g/mol. The van der Waals surface area contributed by atoms with Crippen LogP contribution in [0.25, 0.3) is 0 Å². The minimum atomic E-state index is -4.50. The van der Waals surface area contributed by atoms with Crippen LogP contribution in [0.1, 0.15) is 45.1 Å². The normalized spacial score (nSPS) is 17.9. The summed E-state index contributed by atoms with van der Waals surface area (Å²) in [5, 5.41) is 2.94. The molecule has 1 atom stereocenters. The second-order valence-corrected chi connectivity index (χ2v) is 8.81. The first-order chi connectivity index (χ1) is 16.1. The highest BCUT2D eigenvalue weighted by Crippen LogP contribution is 2.34. The molecule has 0 saturated carbocycles. The Bertz CT molecular complexity index is 1240. The predicted octanol–water partition coefficient (Wildman–Crippen LogP) is 5.29. The van der Waals surface area contributed by atoms with Crippen LogP contribution in [0.4, 0.5) is 13.2 Å². The Hall–Kier alpha value is -3.61. The summed E-state index contributed by atoms with van der Waals surface area (Å²) in [6.45, 7) is 3.78. The smallest absolute Gasteiger partial charge is 0.350 e. The lowest BCUT2D eigenvalue weighted by Gasteiger charge is -2.44. The molecule has 34 heavy (non-hydrogen) atoms. The SMILES string of the molecule is Cc1ccccc1CNC(=O)[C@@]1(C)Cc2ccccc2C(=O)N1Cc1cccc(C(F)(F)F)c1. The molecule has 7 heteroatoms. The second kappa shape index (κ2) is 8.97. The van der Waals surface area contributed by atoms with Gasteiger partial charge in [0.1, 0.15) is 5.54 Å². The van der Waals surface area contributed by atoms with Gasteiger partial charge in [-0.15, -0.1) is 0 Å². The van der Waals surface area contributed by atoms with Gasteiger partial charge in [-0.3, -0.25) is 9.59 Å². The first-order valence-electron chi connectivity index (χ1n) is 11.0. The molecule has 2 amide bonds. The summed E-state index contributed by atoms with van der Waals surface area (Å²) in [5.74, 6) is -0.738. The van der Waals surface area contributed by atoms with E-state index in [-0.39, 0.29) is 31.3 Å². The molecule has 1 aliphatic rings. The number of halogens is 3. The van der Waals surface area contributed by atoms with Gasteiger partial charge in [-0.05, 0) is 54.3 Å². The lowest BCUT2D eigenvalue weighted by molar-refractivity contribution is -0.137. The molecule has 0 radical (unpaired) electrons. The summed E-state index contributed by atoms with van der Waals surface area (Å²) in [5.41, 5.74) is 1.41. The molecule has 0 aliphatic carbocycles. The number of carbonyl (C=O) groups is 2. The third-order valence-corrected chi connectivity index (χ3v) is 6.41. The van der Waals surface area contributed by atoms with Crippen LogP contribution >= 0.6 is 0 Å². The number of nitrogens with zero attached hydrogens (tertiary/aromatic N) is 1. The molecular formula is C27H25F3N2O2. The minimum Gasteiger partial charge on any atom is -0.350 e. The van der Waals surface area contributed by atoms with E-state index >= 15 is 0 Å². The van der Waals surface area contributed by atoms with Gasteiger partial charge in [0.15, 0.2) is 0 Å². The monoisotopic (exact) mass is 466 g/mol. The van der Waals surface area contributed by atoms with Crippen molar-refractivity contribution in [3.63, 3.8) is 0 Å². The largest absolute Gasteiger partial charge is 0.416 e. The van der Waals surface area contributed by atoms with Gasteiger partial charge in [-0.2, -0.15) is 13.2 Å². The molecule has 0 unspecified atom stereocenters. The summed E-state index contributed by atoms with van der Waals surface area (Å²) in [6.07, 6.45) is -4.24. The Morgan fingerprint density at radius 2 is 1.74 bits per heavy atom. The summed E-state index contributed by atoms with van der Waals surface area (Å²) < 4.78 is 39.8. The number of rotatable bonds is 5. The Labute approximate surface area is 196 Å². The molecule has 1 heterocycles. The molecule has 3 aromatic rings. The van der Waals surface area contributed by atoms with Gasteiger partial charge >= 0.3 is 6.18 Å². The summed E-state index contributed by atoms with van der Waals surface area (Å²) in [6, 6.07) is 19.6. The van der Waals surface area contributed by atoms with Gasteiger partial charge in [-0.1, -0.05) is 54.6 Å². The maximum atomic E-state index is 13.5. The zero-order valence-corrected chi connectivity index (χ0v) is 18.9. The average Bonchev–Trinajstić information content (AvgIpc) is 2.80. The van der Waals surface area contributed by atoms with Gasteiger partial charge in [0.25, 0.3) is 5.91 Å². The highest BCUT2D eigenvalue weighted by Gasteiger charge is 2.46. The van der Waals surface area contributed by atoms with E-state index in [1.807, 2.05) is 37.3 Å². The van der Waals surface area contributed by atoms with Crippen LogP contribution in [0.15, 0.2) is 72.8 Å². The molecule has 0 spiro atoms. The van der Waals surface area contributed by atoms with Gasteiger partial charge in [0.2, 0.25) is 5.91 Å². The number of benzene rings is 3. The molecule has 4 nitrogen and oxygen atoms in total. The van der Waals surface area contributed by atoms with Crippen LogP contribution in [0, 0.1) is 6.92 Å². The van der Waals surface area contributed by atoms with Crippen LogP contribution in [-0.2, 0) is 30.5 Å². The van der Waals surface area contributed by atoms with E-state index < -0.39 is 17.3 Å². The minimum absolute atomic E-state index is 0.120. The van der Waals surface area contributed by atoms with Crippen molar-refractivity contribution in [2.45, 2.75) is 45.1 Å². The zero-order chi connectivity index (χ0) is 24.5. The van der Waals surface area contributed by atoms with Crippen LogP contribution in [0.5, 0.6) is 0 Å². The zero-order valence-electron chi connectivity index (χ0n) is 18.9. The summed E-state index contributed by atoms with van der Waals surface area (Å²) in [4.78, 5) is 28.4. The summed E-state index contributed by atoms with van der Waals surface area (Å²) in [7, 11) is 0. The Morgan fingerprint density at radius 3 is 2.47 bits per heavy atom. The Balaban J connectivity index is 1.67. The van der Waals surface area contributed by atoms with Crippen LogP contribution in [0.3, 0.4) is 0 Å². The quantitative estimate of drug-likeness (QED) is 0.556. The number of alkyl halides is 3. The van der Waals surface area contributed by atoms with E-state index in [1.165, 1.54) is 17.0 Å². The molecule has 176 valence electrons. The summed E-state index contributed by atoms with van der Waals surface area (Å²) >= 11 is 0. The van der Waals surface area contributed by atoms with E-state index in [2.05, 4.69) is 5.32 Å². The first kappa shape index (κ1) is 23.5. The fraction of sp³-hybridized carbons (Fsp3) is 0.259. The molecule has 1 aliphatic heterocycles. The van der Waals surface area contributed by atoms with Crippen molar-refractivity contribution >= 4 is 11.8 Å². The van der Waals surface area contributed by atoms with Gasteiger partial charge in [0, 0.05) is 25.1 Å². The number of hydrogen-bond acceptors (Lipinski definition) is 2. The topological polar surface area (TPSA) is 49.4 Å². The molecule has 3 aromatic carbocycles. The number of amides is 2. The van der Waals surface area contributed by atoms with Gasteiger partial charge in [0.05, 0.1) is 5.56 Å². The lowest BCUT2D eigenvalue weighted by Crippen LogP contribution is -2.62. The fourth-order valence-corrected chi connectivity index (χ4v) is 4.37. The molecule has 0 aromatic heterocycles. The molecule has 0 fully saturated rings. The maximum absolute atomic E-state index is 13.5. The van der Waals surface area contributed by atoms with Crippen molar-refractivity contribution in [3.8, 4) is 0 Å². The second-order valence-electron chi connectivity index (χ2n) is 8.81. The van der Waals surface area contributed by atoms with Crippen molar-refractivity contribution in [1.82, 2.24) is 10.2 Å². The van der Waals surface area contributed by atoms with Crippen molar-refractivity contribution in [2.24, 2.45) is 0 Å². The van der Waals surface area contributed by atoms with Crippen LogP contribution < -0.4 is 5.32 Å². The number of hydrogen-bond donors (Lipinski definition) is 1. The molecule has 0 bridgehead atoms. The Morgan fingerprint density at radius 1 is 1.03 bits per heavy atom. The standard InChI is InChI=1S/C27H25F3N2O2/c1-18-8-3-4-11-21(18)16-31-25(34)26(2)15-20-10-5-6-13-23(20)24(33)32(26)17-19-9-7-12-22(14-19)27(28,29)30/h3-14H,15-17H2,1-2H3,(H,31,34)/t26-/m1/s1. The van der Waals surface area contributed by atoms with Crippen molar-refractivity contribution in [2.75, 3.05) is 0 Å². The molecule has 0 saturated heterocycles. The molecule has 4 rings (SSSR count). The van der Waals surface area contributed by atoms with E-state index in [0.717, 1.165) is 28.8 Å². The van der Waals surface area contributed by atoms with E-state index in [0.29, 0.717) is 11.1 Å². The fourth-order valence-electron chi connectivity index (χ4n) is 4.37. The van der Waals surface area contributed by atoms with Crippen molar-refractivity contribution < 1.29 is 22.8 Å². The lowest BCUT2D eigenvalue weighted by atomic mass is 9.82. The van der Waals surface area contributed by atoms with Gasteiger partial charge < -0.3 is 10.2 Å². The molecule has 1 N–H and O–H groups in total. The van der Waals surface area contributed by atoms with Crippen molar-refractivity contribution in [3.05, 3.63) is 106 Å². The third kappa shape index (κ3) is 4.55. The van der Waals surface area contributed by atoms with Gasteiger partial charge in [-0.25, -0.2) is 0 Å². The first-order valence-corrected chi connectivity index (χ1v) is 11.0. The highest BCUT2D eigenvalue weighted by atomic mass is 19.4. The third-order valence-electron chi connectivity index (χ3n) is 6.41. The van der Waals surface area contributed by atoms with E-state index in [4.69, 9.17) is 0 Å². The van der Waals surface area contributed by atoms with Crippen molar-refractivity contribution in [1.29, 1.82) is 0 Å². The highest BCUT2D eigenvalue weighted by molar-refractivity contribution is 6.02. The number of aryl methyl sites for hydroxylation is 1. The number of carbonyl (C=O) groups excluding carboxylic acids is 2. The molecular weight excluding hydrogens is 441 g/mol. The van der Waals surface area contributed by atoms with Crippen LogP contribution in [0.2, 0.25) is 0 Å². The van der Waals surface area contributed by atoms with Crippen LogP contribution in [-0.4, -0.2) is 22.3 Å². The maximum Gasteiger partial charge on any atom is 0.416 e. The van der Waals surface area contributed by atoms with E-state index in [1.54, 1.807) is 25.1 Å². The Kier molecular flexibility index (Phi) is 6.21. The number of nitrogens with one attached hydrogen (secondary N) is 1. The number of fused-ring (bicyclic) bond motifs is 1. The van der Waals surface area contributed by atoms with E-state index in [9.17, 15) is 22.8 Å².